The number of carboxylic acids is 1. The summed E-state index contributed by atoms with van der Waals surface area (Å²) >= 11 is 0. The minimum absolute atomic E-state index is 0.0809. The van der Waals surface area contributed by atoms with E-state index in [1.807, 2.05) is 32.9 Å². The predicted molar refractivity (Wildman–Crippen MR) is 164 cm³/mol. The predicted octanol–water partition coefficient (Wildman–Crippen LogP) is 8.54. The van der Waals surface area contributed by atoms with Gasteiger partial charge >= 0.3 is 11.9 Å². The maximum absolute atomic E-state index is 12.3. The number of hydrogen-bond acceptors (Lipinski definition) is 4. The molecule has 0 saturated heterocycles. The number of esters is 1. The van der Waals surface area contributed by atoms with E-state index in [2.05, 4.69) is 60.7 Å². The second-order valence-electron chi connectivity index (χ2n) is 12.7. The van der Waals surface area contributed by atoms with E-state index >= 15 is 0 Å². The number of benzene rings is 3. The van der Waals surface area contributed by atoms with Gasteiger partial charge < -0.3 is 9.84 Å². The molecule has 41 heavy (non-hydrogen) atoms. The molecule has 4 aliphatic rings. The summed E-state index contributed by atoms with van der Waals surface area (Å²) in [5, 5.41) is 11.9. The van der Waals surface area contributed by atoms with Crippen molar-refractivity contribution in [2.75, 3.05) is 0 Å². The summed E-state index contributed by atoms with van der Waals surface area (Å²) in [5.74, 6) is 0.796. The summed E-state index contributed by atoms with van der Waals surface area (Å²) < 4.78 is 8.30. The number of ether oxygens (including phenoxy) is 1. The zero-order valence-electron chi connectivity index (χ0n) is 23.9. The van der Waals surface area contributed by atoms with Crippen LogP contribution in [0.2, 0.25) is 0 Å². The van der Waals surface area contributed by atoms with Crippen molar-refractivity contribution in [2.24, 2.45) is 28.6 Å². The molecule has 0 spiro atoms. The highest BCUT2D eigenvalue weighted by Gasteiger charge is 2.58. The third kappa shape index (κ3) is 4.86. The van der Waals surface area contributed by atoms with Crippen molar-refractivity contribution < 1.29 is 24.2 Å². The lowest BCUT2D eigenvalue weighted by atomic mass is 9.49. The number of hydrogen-bond donors (Lipinski definition) is 1. The van der Waals surface area contributed by atoms with Gasteiger partial charge in [0.25, 0.3) is 0 Å². The molecule has 212 valence electrons. The molecule has 0 radical (unpaired) electrons. The first-order chi connectivity index (χ1) is 19.6. The summed E-state index contributed by atoms with van der Waals surface area (Å²) in [7, 11) is -0.121. The third-order valence-electron chi connectivity index (χ3n) is 9.66. The Labute approximate surface area is 243 Å². The number of carbonyl (C=O) groups excluding carboxylic acids is 2. The van der Waals surface area contributed by atoms with Crippen LogP contribution in [0.15, 0.2) is 72.8 Å². The fraction of sp³-hybridized carbons (Fsp3) is 0.400. The van der Waals surface area contributed by atoms with E-state index in [9.17, 15) is 19.5 Å². The quantitative estimate of drug-likeness (QED) is 0.148. The van der Waals surface area contributed by atoms with E-state index < -0.39 is 16.8 Å². The number of carboxylic acid groups (broad SMARTS) is 1. The molecule has 1 heterocycles. The number of fused-ring (bicyclic) bond motifs is 3. The van der Waals surface area contributed by atoms with Crippen LogP contribution >= 0.6 is 10.5 Å². The maximum atomic E-state index is 12.3. The van der Waals surface area contributed by atoms with E-state index in [0.29, 0.717) is 30.3 Å². The highest BCUT2D eigenvalue weighted by atomic mass is 32.2. The van der Waals surface area contributed by atoms with E-state index in [4.69, 9.17) is 4.74 Å². The molecule has 4 bridgehead atoms. The molecule has 3 aromatic carbocycles. The Morgan fingerprint density at radius 1 is 0.878 bits per heavy atom. The number of carbonyl (C=O) groups is 3. The molecule has 2 unspecified atom stereocenters. The lowest BCUT2D eigenvalue weighted by molar-refractivity contribution is -0.169. The number of Topliss-reactive ketones (excluding diaryl/α,β-unsaturated/α-hetero) is 1. The third-order valence-corrected chi connectivity index (χ3v) is 12.0. The van der Waals surface area contributed by atoms with Crippen LogP contribution in [0.3, 0.4) is 0 Å². The smallest absolute Gasteiger partial charge is 0.316 e. The summed E-state index contributed by atoms with van der Waals surface area (Å²) in [4.78, 5) is 36.5. The van der Waals surface area contributed by atoms with Crippen molar-refractivity contribution in [1.29, 1.82) is 0 Å². The van der Waals surface area contributed by atoms with Crippen molar-refractivity contribution in [3.05, 3.63) is 72.8 Å². The average Bonchev–Trinajstić information content (AvgIpc) is 3.30. The highest BCUT2D eigenvalue weighted by Crippen LogP contribution is 2.58. The SMILES string of the molecule is CCC(C)(C)C(=O)Oc1ccc(-[s+]2c3ccccc3c3ccccc32)cc1.O=C1C2CC3CC1CC(C(=O)O)(C3)C2. The van der Waals surface area contributed by atoms with E-state index in [1.54, 1.807) is 0 Å². The second kappa shape index (κ2) is 10.4. The highest BCUT2D eigenvalue weighted by molar-refractivity contribution is 7.50. The molecule has 0 aliphatic heterocycles. The monoisotopic (exact) mass is 569 g/mol. The molecule has 1 aromatic heterocycles. The Morgan fingerprint density at radius 3 is 1.93 bits per heavy atom. The van der Waals surface area contributed by atoms with Crippen LogP contribution < -0.4 is 4.74 Å². The van der Waals surface area contributed by atoms with Crippen LogP contribution in [0.25, 0.3) is 25.1 Å². The van der Waals surface area contributed by atoms with Gasteiger partial charge in [0.15, 0.2) is 14.3 Å². The van der Waals surface area contributed by atoms with Crippen LogP contribution in [0.5, 0.6) is 5.75 Å². The molecule has 0 amide bonds. The molecule has 4 fully saturated rings. The van der Waals surface area contributed by atoms with Gasteiger partial charge in [0.05, 0.1) is 10.8 Å². The summed E-state index contributed by atoms with van der Waals surface area (Å²) in [5.41, 5.74) is -0.992. The minimum Gasteiger partial charge on any atom is -0.481 e. The largest absolute Gasteiger partial charge is 0.481 e. The number of rotatable bonds is 5. The van der Waals surface area contributed by atoms with Crippen LogP contribution in [0, 0.1) is 28.6 Å². The van der Waals surface area contributed by atoms with Gasteiger partial charge in [0, 0.05) is 45.2 Å². The summed E-state index contributed by atoms with van der Waals surface area (Å²) in [6.07, 6.45) is 4.74. The molecule has 4 aromatic rings. The molecule has 4 saturated carbocycles. The minimum atomic E-state index is -0.663. The van der Waals surface area contributed by atoms with Crippen LogP contribution in [-0.2, 0) is 14.4 Å². The fourth-order valence-corrected chi connectivity index (χ4v) is 9.53. The lowest BCUT2D eigenvalue weighted by Gasteiger charge is -2.53. The van der Waals surface area contributed by atoms with Crippen LogP contribution in [0.4, 0.5) is 0 Å². The van der Waals surface area contributed by atoms with Crippen molar-refractivity contribution in [1.82, 2.24) is 0 Å². The molecule has 4 aliphatic carbocycles. The second-order valence-corrected chi connectivity index (χ2v) is 14.7. The Bertz CT molecular complexity index is 1580. The van der Waals surface area contributed by atoms with Crippen LogP contribution in [-0.4, -0.2) is 22.8 Å². The van der Waals surface area contributed by atoms with Crippen LogP contribution in [0.1, 0.15) is 59.3 Å². The number of thiophene rings is 1. The number of ketones is 1. The van der Waals surface area contributed by atoms with Gasteiger partial charge in [0.2, 0.25) is 0 Å². The maximum Gasteiger partial charge on any atom is 0.316 e. The summed E-state index contributed by atoms with van der Waals surface area (Å²) in [6.45, 7) is 5.83. The Kier molecular flexibility index (Phi) is 7.01. The molecule has 8 rings (SSSR count). The molecule has 1 N–H and O–H groups in total. The van der Waals surface area contributed by atoms with Gasteiger partial charge in [-0.15, -0.1) is 0 Å². The topological polar surface area (TPSA) is 80.7 Å². The average molecular weight is 570 g/mol. The Morgan fingerprint density at radius 2 is 1.41 bits per heavy atom. The van der Waals surface area contributed by atoms with E-state index in [-0.39, 0.29) is 28.3 Å². The standard InChI is InChI=1S/C24H23O2S.C11H14O3/c1-4-24(2,3)23(25)26-17-13-15-18(16-14-17)27-21-11-7-5-9-19(21)20-10-6-8-12-22(20)27;12-9-7-1-6-2-8(9)5-11(3-6,4-7)10(13)14/h5-16H,4H2,1-3H3;6-8H,1-5H2,(H,13,14)/q+1;. The van der Waals surface area contributed by atoms with Crippen molar-refractivity contribution in [3.63, 3.8) is 0 Å². The fourth-order valence-electron chi connectivity index (χ4n) is 7.15. The van der Waals surface area contributed by atoms with Gasteiger partial charge in [-0.1, -0.05) is 31.2 Å². The Balaban J connectivity index is 0.000000180. The molecule has 2 atom stereocenters. The molecule has 5 nitrogen and oxygen atoms in total. The molecular formula is C35H37O5S+. The lowest BCUT2D eigenvalue weighted by Crippen LogP contribution is -2.54. The van der Waals surface area contributed by atoms with E-state index in [0.717, 1.165) is 25.7 Å². The number of aliphatic carboxylic acids is 1. The zero-order chi connectivity index (χ0) is 28.9. The first-order valence-corrected chi connectivity index (χ1v) is 15.9. The van der Waals surface area contributed by atoms with Gasteiger partial charge in [-0.2, -0.15) is 0 Å². The van der Waals surface area contributed by atoms with Crippen molar-refractivity contribution >= 4 is 48.4 Å². The summed E-state index contributed by atoms with van der Waals surface area (Å²) in [6, 6.07) is 25.2. The van der Waals surface area contributed by atoms with Gasteiger partial charge in [-0.05, 0) is 94.7 Å². The van der Waals surface area contributed by atoms with E-state index in [1.165, 1.54) is 25.1 Å². The zero-order valence-corrected chi connectivity index (χ0v) is 24.7. The van der Waals surface area contributed by atoms with Gasteiger partial charge in [0.1, 0.15) is 11.5 Å². The molecule has 6 heteroatoms. The van der Waals surface area contributed by atoms with Gasteiger partial charge in [-0.25, -0.2) is 0 Å². The first kappa shape index (κ1) is 27.6. The molecular weight excluding hydrogens is 532 g/mol. The van der Waals surface area contributed by atoms with Crippen molar-refractivity contribution in [2.45, 2.75) is 59.3 Å². The van der Waals surface area contributed by atoms with Gasteiger partial charge in [-0.3, -0.25) is 14.4 Å². The normalized spacial score (nSPS) is 24.8. The Hall–Kier alpha value is -3.51. The first-order valence-electron chi connectivity index (χ1n) is 14.6. The van der Waals surface area contributed by atoms with Crippen molar-refractivity contribution in [3.8, 4) is 10.6 Å².